The number of carbonyl (C=O) groups is 2. The number of azide groups is 1. The highest BCUT2D eigenvalue weighted by Gasteiger charge is 2.42. The van der Waals surface area contributed by atoms with Crippen LogP contribution in [0, 0.1) is 12.8 Å². The minimum atomic E-state index is -0.952. The summed E-state index contributed by atoms with van der Waals surface area (Å²) in [6.07, 6.45) is -0.173. The van der Waals surface area contributed by atoms with Crippen LogP contribution in [0.3, 0.4) is 0 Å². The second kappa shape index (κ2) is 11.4. The van der Waals surface area contributed by atoms with Gasteiger partial charge in [-0.25, -0.2) is 4.98 Å². The molecule has 0 bridgehead atoms. The molecule has 182 valence electrons. The Balaban J connectivity index is 1.75. The summed E-state index contributed by atoms with van der Waals surface area (Å²) in [4.78, 5) is 35.6. The highest BCUT2D eigenvalue weighted by atomic mass is 32.1. The fourth-order valence-electron chi connectivity index (χ4n) is 4.11. The summed E-state index contributed by atoms with van der Waals surface area (Å²) >= 11 is 1.54. The third kappa shape index (κ3) is 5.56. The van der Waals surface area contributed by atoms with Gasteiger partial charge in [0.05, 0.1) is 34.8 Å². The summed E-state index contributed by atoms with van der Waals surface area (Å²) in [6, 6.07) is 4.95. The second-order valence-corrected chi connectivity index (χ2v) is 9.42. The van der Waals surface area contributed by atoms with E-state index in [0.29, 0.717) is 12.0 Å². The zero-order chi connectivity index (χ0) is 24.8. The second-order valence-electron chi connectivity index (χ2n) is 8.56. The number of amides is 2. The van der Waals surface area contributed by atoms with E-state index in [4.69, 9.17) is 5.53 Å². The first-order valence-electron chi connectivity index (χ1n) is 11.2. The number of likely N-dealkylation sites (tertiary alicyclic amines) is 1. The predicted octanol–water partition coefficient (Wildman–Crippen LogP) is 2.95. The number of aromatic nitrogens is 1. The van der Waals surface area contributed by atoms with E-state index in [1.807, 2.05) is 38.1 Å². The molecule has 0 radical (unpaired) electrons. The summed E-state index contributed by atoms with van der Waals surface area (Å²) in [7, 11) is 0. The van der Waals surface area contributed by atoms with E-state index in [-0.39, 0.29) is 25.5 Å². The quantitative estimate of drug-likeness (QED) is 0.283. The van der Waals surface area contributed by atoms with Crippen molar-refractivity contribution in [3.8, 4) is 10.4 Å². The molecule has 1 fully saturated rings. The van der Waals surface area contributed by atoms with Gasteiger partial charge in [-0.2, -0.15) is 0 Å². The predicted molar refractivity (Wildman–Crippen MR) is 129 cm³/mol. The molecule has 3 N–H and O–H groups in total. The molecule has 0 aliphatic carbocycles. The zero-order valence-electron chi connectivity index (χ0n) is 19.5. The fourth-order valence-corrected chi connectivity index (χ4v) is 4.92. The third-order valence-corrected chi connectivity index (χ3v) is 7.27. The van der Waals surface area contributed by atoms with Gasteiger partial charge in [0.2, 0.25) is 11.8 Å². The first-order chi connectivity index (χ1) is 16.3. The van der Waals surface area contributed by atoms with Crippen molar-refractivity contribution in [2.45, 2.75) is 57.8 Å². The number of benzene rings is 1. The van der Waals surface area contributed by atoms with Gasteiger partial charge in [-0.15, -0.1) is 11.3 Å². The van der Waals surface area contributed by atoms with Gasteiger partial charge in [-0.05, 0) is 29.5 Å². The van der Waals surface area contributed by atoms with E-state index in [1.54, 1.807) is 23.8 Å². The maximum atomic E-state index is 13.1. The van der Waals surface area contributed by atoms with Crippen LogP contribution in [-0.2, 0) is 9.59 Å². The lowest BCUT2D eigenvalue weighted by Gasteiger charge is -2.29. The van der Waals surface area contributed by atoms with E-state index in [1.165, 1.54) is 4.90 Å². The van der Waals surface area contributed by atoms with E-state index >= 15 is 0 Å². The first-order valence-corrected chi connectivity index (χ1v) is 12.1. The van der Waals surface area contributed by atoms with Gasteiger partial charge in [0, 0.05) is 17.9 Å². The van der Waals surface area contributed by atoms with Gasteiger partial charge in [0.25, 0.3) is 0 Å². The lowest BCUT2D eigenvalue weighted by Crippen LogP contribution is -2.50. The largest absolute Gasteiger partial charge is 0.394 e. The number of carbonyl (C=O) groups excluding carboxylic acids is 2. The molecule has 1 aromatic heterocycles. The molecule has 1 aliphatic heterocycles. The number of hydrogen-bond donors (Lipinski definition) is 3. The number of β-amino-alcohol motifs (C(OH)–C–C–N with tert-alkyl or cyclic N) is 1. The molecule has 1 saturated heterocycles. The Labute approximate surface area is 202 Å². The Kier molecular flexibility index (Phi) is 8.62. The van der Waals surface area contributed by atoms with Crippen LogP contribution in [0.15, 0.2) is 34.9 Å². The van der Waals surface area contributed by atoms with E-state index in [2.05, 4.69) is 20.3 Å². The summed E-state index contributed by atoms with van der Waals surface area (Å²) in [5, 5.41) is 26.6. The molecule has 34 heavy (non-hydrogen) atoms. The van der Waals surface area contributed by atoms with Gasteiger partial charge in [0.15, 0.2) is 0 Å². The lowest BCUT2D eigenvalue weighted by molar-refractivity contribution is -0.140. The molecule has 2 heterocycles. The first kappa shape index (κ1) is 25.6. The molecule has 1 aliphatic rings. The van der Waals surface area contributed by atoms with Gasteiger partial charge in [0.1, 0.15) is 12.1 Å². The van der Waals surface area contributed by atoms with Crippen LogP contribution in [0.1, 0.15) is 44.0 Å². The van der Waals surface area contributed by atoms with Crippen molar-refractivity contribution in [3.05, 3.63) is 51.5 Å². The number of nitrogens with one attached hydrogen (secondary N) is 1. The minimum absolute atomic E-state index is 0.0164. The molecule has 10 nitrogen and oxygen atoms in total. The number of aryl methyl sites for hydroxylation is 1. The standard InChI is InChI=1S/C23H30N6O4S/c1-4-13(2)20(27-28-24)23(33)29-10-17(31)9-19(29)22(32)26-18(11-30)15-5-7-16(8-6-15)21-14(3)25-12-34-21/h5-8,12-13,17-20,30-31H,4,9-11H2,1-3H3,(H,26,32)/t13-,17-,18+,19+,20+/m1/s1. The minimum Gasteiger partial charge on any atom is -0.394 e. The van der Waals surface area contributed by atoms with Crippen molar-refractivity contribution in [1.29, 1.82) is 0 Å². The molecule has 2 aromatic rings. The Morgan fingerprint density at radius 2 is 2.09 bits per heavy atom. The van der Waals surface area contributed by atoms with Crippen molar-refractivity contribution in [1.82, 2.24) is 15.2 Å². The number of nitrogens with zero attached hydrogens (tertiary/aromatic N) is 5. The van der Waals surface area contributed by atoms with Gasteiger partial charge >= 0.3 is 0 Å². The van der Waals surface area contributed by atoms with Crippen LogP contribution in [0.25, 0.3) is 20.9 Å². The summed E-state index contributed by atoms with van der Waals surface area (Å²) in [5.74, 6) is -1.17. The fraction of sp³-hybridized carbons (Fsp3) is 0.522. The molecule has 5 atom stereocenters. The summed E-state index contributed by atoms with van der Waals surface area (Å²) in [5.41, 5.74) is 13.3. The molecule has 1 aromatic carbocycles. The van der Waals surface area contributed by atoms with Gasteiger partial charge < -0.3 is 20.4 Å². The smallest absolute Gasteiger partial charge is 0.243 e. The molecule has 0 saturated carbocycles. The normalized spacial score (nSPS) is 20.3. The van der Waals surface area contributed by atoms with E-state index < -0.39 is 36.0 Å². The summed E-state index contributed by atoms with van der Waals surface area (Å²) < 4.78 is 0. The SMILES string of the molecule is CC[C@@H](C)[C@H](N=[N+]=[N-])C(=O)N1C[C@H](O)C[C@H]1C(=O)N[C@@H](CO)c1ccc(-c2scnc2C)cc1. The van der Waals surface area contributed by atoms with Crippen LogP contribution >= 0.6 is 11.3 Å². The molecule has 0 spiro atoms. The van der Waals surface area contributed by atoms with Gasteiger partial charge in [-0.1, -0.05) is 49.6 Å². The molecular weight excluding hydrogens is 456 g/mol. The maximum Gasteiger partial charge on any atom is 0.243 e. The molecule has 0 unspecified atom stereocenters. The van der Waals surface area contributed by atoms with Crippen molar-refractivity contribution >= 4 is 23.2 Å². The van der Waals surface area contributed by atoms with Crippen LogP contribution in [-0.4, -0.2) is 63.3 Å². The van der Waals surface area contributed by atoms with E-state index in [0.717, 1.165) is 16.1 Å². The number of thiazole rings is 1. The highest BCUT2D eigenvalue weighted by Crippen LogP contribution is 2.29. The van der Waals surface area contributed by atoms with Crippen LogP contribution in [0.4, 0.5) is 0 Å². The van der Waals surface area contributed by atoms with Crippen molar-refractivity contribution in [2.24, 2.45) is 11.0 Å². The third-order valence-electron chi connectivity index (χ3n) is 6.30. The van der Waals surface area contributed by atoms with Crippen molar-refractivity contribution in [2.75, 3.05) is 13.2 Å². The van der Waals surface area contributed by atoms with Gasteiger partial charge in [-0.3, -0.25) is 9.59 Å². The van der Waals surface area contributed by atoms with E-state index in [9.17, 15) is 19.8 Å². The molecular formula is C23H30N6O4S. The average molecular weight is 487 g/mol. The molecule has 3 rings (SSSR count). The van der Waals surface area contributed by atoms with Crippen LogP contribution in [0.2, 0.25) is 0 Å². The lowest BCUT2D eigenvalue weighted by atomic mass is 9.98. The monoisotopic (exact) mass is 486 g/mol. The number of rotatable bonds is 9. The molecule has 11 heteroatoms. The summed E-state index contributed by atoms with van der Waals surface area (Å²) in [6.45, 7) is 5.28. The topological polar surface area (TPSA) is 152 Å². The maximum absolute atomic E-state index is 13.1. The number of aliphatic hydroxyl groups excluding tert-OH is 2. The zero-order valence-corrected chi connectivity index (χ0v) is 20.3. The number of hydrogen-bond acceptors (Lipinski definition) is 7. The van der Waals surface area contributed by atoms with Crippen LogP contribution in [0.5, 0.6) is 0 Å². The average Bonchev–Trinajstić information content (AvgIpc) is 3.45. The van der Waals surface area contributed by atoms with Crippen molar-refractivity contribution in [3.63, 3.8) is 0 Å². The highest BCUT2D eigenvalue weighted by molar-refractivity contribution is 7.13. The number of aliphatic hydroxyl groups is 2. The van der Waals surface area contributed by atoms with Crippen molar-refractivity contribution < 1.29 is 19.8 Å². The van der Waals surface area contributed by atoms with Crippen LogP contribution < -0.4 is 5.32 Å². The molecule has 2 amide bonds. The Morgan fingerprint density at radius 3 is 2.65 bits per heavy atom. The Hall–Kier alpha value is -2.98. The Morgan fingerprint density at radius 1 is 1.38 bits per heavy atom. The Bertz CT molecular complexity index is 1050.